The Bertz CT molecular complexity index is 683. The Labute approximate surface area is 161 Å². The smallest absolute Gasteiger partial charge is 0.434 e. The summed E-state index contributed by atoms with van der Waals surface area (Å²) in [7, 11) is 0. The molecule has 1 saturated heterocycles. The summed E-state index contributed by atoms with van der Waals surface area (Å²) < 4.78 is 16.3. The van der Waals surface area contributed by atoms with E-state index in [9.17, 15) is 19.8 Å². The van der Waals surface area contributed by atoms with Crippen molar-refractivity contribution in [3.8, 4) is 0 Å². The zero-order chi connectivity index (χ0) is 20.5. The topological polar surface area (TPSA) is 152 Å². The molecule has 0 radical (unpaired) electrons. The van der Waals surface area contributed by atoms with Crippen LogP contribution in [0.1, 0.15) is 45.3 Å². The summed E-state index contributed by atoms with van der Waals surface area (Å²) in [6.07, 6.45) is 0.342. The minimum absolute atomic E-state index is 0.0772. The first kappa shape index (κ1) is 22.1. The SMILES string of the molecule is CCCCCCCOC(=O)OC[C@H]1O[C@@H](n2ccc(NO)nc2=O)[C@@H](O)[C@H]1O. The lowest BCUT2D eigenvalue weighted by atomic mass is 10.1. The number of carbonyl (C=O) groups is 1. The standard InChI is InChI=1S/C17H27N3O8/c1-2-3-4-5-6-9-26-17(24)27-10-11-13(21)14(22)15(28-11)20-8-7-12(19-25)18-16(20)23/h7-8,11,13-15,21-22,25H,2-6,9-10H2,1H3,(H,18,19,23)/t11-,13+,14+,15-/m1/s1. The van der Waals surface area contributed by atoms with Gasteiger partial charge in [-0.2, -0.15) is 4.98 Å². The number of aliphatic hydroxyl groups excluding tert-OH is 2. The molecule has 2 heterocycles. The lowest BCUT2D eigenvalue weighted by Crippen LogP contribution is -2.36. The average Bonchev–Trinajstić information content (AvgIpc) is 2.97. The molecule has 0 amide bonds. The van der Waals surface area contributed by atoms with Crippen LogP contribution in [0.2, 0.25) is 0 Å². The lowest BCUT2D eigenvalue weighted by molar-refractivity contribution is -0.0642. The average molecular weight is 401 g/mol. The zero-order valence-electron chi connectivity index (χ0n) is 15.7. The number of aliphatic hydroxyl groups is 2. The number of nitrogens with one attached hydrogen (secondary N) is 1. The molecule has 4 atom stereocenters. The minimum atomic E-state index is -1.43. The first-order chi connectivity index (χ1) is 13.5. The van der Waals surface area contributed by atoms with E-state index in [4.69, 9.17) is 19.4 Å². The second-order valence-corrected chi connectivity index (χ2v) is 6.48. The molecule has 4 N–H and O–H groups in total. The van der Waals surface area contributed by atoms with E-state index >= 15 is 0 Å². The van der Waals surface area contributed by atoms with Crippen LogP contribution in [0.5, 0.6) is 0 Å². The molecule has 0 saturated carbocycles. The van der Waals surface area contributed by atoms with Crippen molar-refractivity contribution < 1.29 is 34.4 Å². The summed E-state index contributed by atoms with van der Waals surface area (Å²) in [6, 6.07) is 1.28. The van der Waals surface area contributed by atoms with Crippen LogP contribution in [0.15, 0.2) is 17.1 Å². The molecule has 1 aliphatic rings. The highest BCUT2D eigenvalue weighted by Crippen LogP contribution is 2.28. The molecule has 11 nitrogen and oxygen atoms in total. The van der Waals surface area contributed by atoms with E-state index in [1.807, 2.05) is 0 Å². The van der Waals surface area contributed by atoms with Crippen LogP contribution in [0, 0.1) is 0 Å². The van der Waals surface area contributed by atoms with E-state index in [0.717, 1.165) is 36.7 Å². The van der Waals surface area contributed by atoms with Gasteiger partial charge in [0.05, 0.1) is 6.61 Å². The number of unbranched alkanes of at least 4 members (excludes halogenated alkanes) is 4. The summed E-state index contributed by atoms with van der Waals surface area (Å²) >= 11 is 0. The van der Waals surface area contributed by atoms with Gasteiger partial charge in [-0.25, -0.2) is 9.59 Å². The van der Waals surface area contributed by atoms with Crippen molar-refractivity contribution in [2.24, 2.45) is 0 Å². The van der Waals surface area contributed by atoms with Crippen molar-refractivity contribution >= 4 is 12.0 Å². The van der Waals surface area contributed by atoms with Crippen LogP contribution in [0.25, 0.3) is 0 Å². The number of ether oxygens (including phenoxy) is 3. The van der Waals surface area contributed by atoms with Crippen LogP contribution in [0.3, 0.4) is 0 Å². The highest BCUT2D eigenvalue weighted by atomic mass is 16.7. The van der Waals surface area contributed by atoms with E-state index in [1.165, 1.54) is 12.3 Å². The molecule has 11 heteroatoms. The first-order valence-electron chi connectivity index (χ1n) is 9.28. The predicted molar refractivity (Wildman–Crippen MR) is 95.9 cm³/mol. The van der Waals surface area contributed by atoms with Gasteiger partial charge in [-0.05, 0) is 12.5 Å². The van der Waals surface area contributed by atoms with Gasteiger partial charge >= 0.3 is 11.8 Å². The van der Waals surface area contributed by atoms with E-state index in [1.54, 1.807) is 5.48 Å². The summed E-state index contributed by atoms with van der Waals surface area (Å²) in [5, 5.41) is 29.0. The molecule has 0 aromatic carbocycles. The van der Waals surface area contributed by atoms with Gasteiger partial charge in [0, 0.05) is 6.20 Å². The van der Waals surface area contributed by atoms with Crippen molar-refractivity contribution in [2.45, 2.75) is 63.6 Å². The molecule has 1 aromatic heterocycles. The maximum Gasteiger partial charge on any atom is 0.508 e. The van der Waals surface area contributed by atoms with Crippen LogP contribution >= 0.6 is 0 Å². The van der Waals surface area contributed by atoms with E-state index in [0.29, 0.717) is 0 Å². The van der Waals surface area contributed by atoms with Gasteiger partial charge in [-0.1, -0.05) is 32.6 Å². The molecule has 1 aliphatic heterocycles. The Kier molecular flexibility index (Phi) is 8.64. The van der Waals surface area contributed by atoms with Crippen molar-refractivity contribution in [1.82, 2.24) is 9.55 Å². The maximum absolute atomic E-state index is 11.9. The summed E-state index contributed by atoms with van der Waals surface area (Å²) in [6.45, 7) is 2.01. The summed E-state index contributed by atoms with van der Waals surface area (Å²) in [5.41, 5.74) is 0.923. The van der Waals surface area contributed by atoms with E-state index in [2.05, 4.69) is 11.9 Å². The number of hydrogen-bond acceptors (Lipinski definition) is 10. The number of anilines is 1. The Morgan fingerprint density at radius 2 is 2.00 bits per heavy atom. The highest BCUT2D eigenvalue weighted by Gasteiger charge is 2.44. The molecule has 2 rings (SSSR count). The summed E-state index contributed by atoms with van der Waals surface area (Å²) in [5.74, 6) is -0.0772. The zero-order valence-corrected chi connectivity index (χ0v) is 15.7. The Hall–Kier alpha value is -2.21. The third-order valence-electron chi connectivity index (χ3n) is 4.39. The van der Waals surface area contributed by atoms with Crippen LogP contribution in [-0.2, 0) is 14.2 Å². The van der Waals surface area contributed by atoms with Crippen LogP contribution in [0.4, 0.5) is 10.6 Å². The van der Waals surface area contributed by atoms with Crippen molar-refractivity contribution in [3.05, 3.63) is 22.7 Å². The van der Waals surface area contributed by atoms with Crippen molar-refractivity contribution in [2.75, 3.05) is 18.7 Å². The van der Waals surface area contributed by atoms with Gasteiger partial charge in [0.2, 0.25) is 0 Å². The number of rotatable bonds is 10. The largest absolute Gasteiger partial charge is 0.508 e. The lowest BCUT2D eigenvalue weighted by Gasteiger charge is -2.17. The first-order valence-corrected chi connectivity index (χ1v) is 9.28. The maximum atomic E-state index is 11.9. The normalized spacial score (nSPS) is 24.1. The number of hydrogen-bond donors (Lipinski definition) is 4. The molecule has 1 aromatic rings. The van der Waals surface area contributed by atoms with Crippen molar-refractivity contribution in [1.29, 1.82) is 0 Å². The van der Waals surface area contributed by atoms with Gasteiger partial charge in [-0.15, -0.1) is 0 Å². The van der Waals surface area contributed by atoms with Crippen molar-refractivity contribution in [3.63, 3.8) is 0 Å². The molecule has 1 fully saturated rings. The summed E-state index contributed by atoms with van der Waals surface area (Å²) in [4.78, 5) is 27.1. The fourth-order valence-corrected chi connectivity index (χ4v) is 2.82. The third kappa shape index (κ3) is 5.89. The molecule has 0 aliphatic carbocycles. The molecule has 28 heavy (non-hydrogen) atoms. The monoisotopic (exact) mass is 401 g/mol. The fourth-order valence-electron chi connectivity index (χ4n) is 2.82. The van der Waals surface area contributed by atoms with Crippen LogP contribution < -0.4 is 11.2 Å². The molecule has 0 unspecified atom stereocenters. The second kappa shape index (κ2) is 11.0. The molecule has 0 spiro atoms. The highest BCUT2D eigenvalue weighted by molar-refractivity contribution is 5.59. The third-order valence-corrected chi connectivity index (χ3v) is 4.39. The molecule has 158 valence electrons. The Balaban J connectivity index is 1.81. The fraction of sp³-hybridized carbons (Fsp3) is 0.706. The number of aromatic nitrogens is 2. The van der Waals surface area contributed by atoms with Gasteiger partial charge < -0.3 is 24.4 Å². The van der Waals surface area contributed by atoms with Gasteiger partial charge in [0.1, 0.15) is 24.9 Å². The van der Waals surface area contributed by atoms with Gasteiger partial charge in [0.15, 0.2) is 12.0 Å². The molecule has 0 bridgehead atoms. The van der Waals surface area contributed by atoms with Gasteiger partial charge in [-0.3, -0.25) is 15.3 Å². The number of carbonyl (C=O) groups excluding carboxylic acids is 1. The van der Waals surface area contributed by atoms with E-state index in [-0.39, 0.29) is 19.0 Å². The quantitative estimate of drug-likeness (QED) is 0.251. The molecular weight excluding hydrogens is 374 g/mol. The minimum Gasteiger partial charge on any atom is -0.434 e. The Morgan fingerprint density at radius 1 is 1.25 bits per heavy atom. The second-order valence-electron chi connectivity index (χ2n) is 6.48. The van der Waals surface area contributed by atoms with Crippen LogP contribution in [-0.4, -0.2) is 62.7 Å². The Morgan fingerprint density at radius 3 is 2.68 bits per heavy atom. The van der Waals surface area contributed by atoms with E-state index < -0.39 is 36.4 Å². The predicted octanol–water partition coefficient (Wildman–Crippen LogP) is 0.787. The molecular formula is C17H27N3O8. The number of nitrogens with zero attached hydrogens (tertiary/aromatic N) is 2. The van der Waals surface area contributed by atoms with Gasteiger partial charge in [0.25, 0.3) is 0 Å².